The molecule has 0 fully saturated rings. The van der Waals surface area contributed by atoms with Crippen LogP contribution in [0.3, 0.4) is 0 Å². The van der Waals surface area contributed by atoms with Crippen LogP contribution < -0.4 is 0 Å². The Morgan fingerprint density at radius 1 is 1.09 bits per heavy atom. The van der Waals surface area contributed by atoms with Crippen LogP contribution in [0.5, 0.6) is 0 Å². The Labute approximate surface area is 138 Å². The minimum absolute atomic E-state index is 0.106. The van der Waals surface area contributed by atoms with Crippen LogP contribution in [0.25, 0.3) is 16.9 Å². The molecule has 0 radical (unpaired) electrons. The minimum Gasteiger partial charge on any atom is -0.296 e. The van der Waals surface area contributed by atoms with Crippen LogP contribution >= 0.6 is 11.6 Å². The molecule has 0 aliphatic rings. The Kier molecular flexibility index (Phi) is 4.40. The molecule has 0 unspecified atom stereocenters. The number of hydrogen-bond donors (Lipinski definition) is 1. The average Bonchev–Trinajstić information content (AvgIpc) is 2.90. The molecule has 0 amide bonds. The number of imidazole rings is 1. The van der Waals surface area contributed by atoms with Crippen molar-refractivity contribution in [1.29, 1.82) is 0 Å². The van der Waals surface area contributed by atoms with Crippen molar-refractivity contribution in [2.24, 2.45) is 0 Å². The summed E-state index contributed by atoms with van der Waals surface area (Å²) in [5.41, 5.74) is 2.45. The van der Waals surface area contributed by atoms with E-state index in [4.69, 9.17) is 11.6 Å². The van der Waals surface area contributed by atoms with Gasteiger partial charge in [-0.3, -0.25) is 9.55 Å². The Balaban J connectivity index is 2.02. The Morgan fingerprint density at radius 3 is 2.43 bits per heavy atom. The molecule has 0 bridgehead atoms. The zero-order valence-electron chi connectivity index (χ0n) is 11.7. The molecule has 0 spiro atoms. The third kappa shape index (κ3) is 3.40. The Morgan fingerprint density at radius 2 is 1.83 bits per heavy atom. The summed E-state index contributed by atoms with van der Waals surface area (Å²) in [7, 11) is -2.52. The first-order valence-corrected chi connectivity index (χ1v) is 8.34. The van der Waals surface area contributed by atoms with Crippen LogP contribution in [0.15, 0.2) is 48.9 Å². The molecule has 0 N–H and O–H groups in total. The largest absolute Gasteiger partial charge is 0.296 e. The summed E-state index contributed by atoms with van der Waals surface area (Å²) in [6, 6.07) is 9.26. The molecular formula is C15H11ClFN3O2S. The highest BCUT2D eigenvalue weighted by molar-refractivity contribution is 7.71. The molecule has 0 aliphatic heterocycles. The maximum Gasteiger partial charge on any atom is 0.155 e. The number of hydrogen-bond acceptors (Lipinski definition) is 4. The van der Waals surface area contributed by atoms with Gasteiger partial charge in [0.2, 0.25) is 0 Å². The highest BCUT2D eigenvalue weighted by Gasteiger charge is 2.13. The third-order valence-electron chi connectivity index (χ3n) is 3.22. The van der Waals surface area contributed by atoms with Gasteiger partial charge in [-0.15, -0.1) is 0 Å². The molecule has 0 aliphatic carbocycles. The van der Waals surface area contributed by atoms with Crippen molar-refractivity contribution in [3.8, 4) is 16.9 Å². The maximum atomic E-state index is 13.1. The lowest BCUT2D eigenvalue weighted by Gasteiger charge is -2.09. The fourth-order valence-corrected chi connectivity index (χ4v) is 2.87. The minimum atomic E-state index is -2.52. The second-order valence-corrected chi connectivity index (χ2v) is 6.10. The van der Waals surface area contributed by atoms with E-state index in [-0.39, 0.29) is 16.7 Å². The fourth-order valence-electron chi connectivity index (χ4n) is 2.17. The molecule has 2 aromatic heterocycles. The van der Waals surface area contributed by atoms with Crippen LogP contribution in [0.2, 0.25) is 5.15 Å². The predicted octanol–water partition coefficient (Wildman–Crippen LogP) is 2.84. The maximum absolute atomic E-state index is 13.1. The van der Waals surface area contributed by atoms with E-state index in [1.807, 2.05) is 0 Å². The Hall–Kier alpha value is -2.25. The number of thiol groups is 1. The van der Waals surface area contributed by atoms with E-state index in [1.54, 1.807) is 35.0 Å². The van der Waals surface area contributed by atoms with Gasteiger partial charge in [0.05, 0.1) is 29.0 Å². The van der Waals surface area contributed by atoms with Crippen LogP contribution in [-0.4, -0.2) is 23.0 Å². The molecule has 3 aromatic rings. The molecular weight excluding hydrogens is 341 g/mol. The molecule has 23 heavy (non-hydrogen) atoms. The molecule has 118 valence electrons. The van der Waals surface area contributed by atoms with Crippen molar-refractivity contribution in [1.82, 2.24) is 14.5 Å². The van der Waals surface area contributed by atoms with E-state index in [9.17, 15) is 12.8 Å². The van der Waals surface area contributed by atoms with Gasteiger partial charge in [-0.2, -0.15) is 0 Å². The first-order valence-electron chi connectivity index (χ1n) is 6.60. The molecule has 0 atom stereocenters. The number of nitrogens with zero attached hydrogens (tertiary/aromatic N) is 3. The number of halogens is 2. The van der Waals surface area contributed by atoms with Gasteiger partial charge in [0.25, 0.3) is 0 Å². The lowest BCUT2D eigenvalue weighted by Crippen LogP contribution is -1.98. The molecule has 1 aromatic carbocycles. The van der Waals surface area contributed by atoms with Gasteiger partial charge in [-0.1, -0.05) is 11.6 Å². The van der Waals surface area contributed by atoms with Crippen molar-refractivity contribution >= 4 is 22.3 Å². The van der Waals surface area contributed by atoms with E-state index in [1.165, 1.54) is 18.5 Å². The summed E-state index contributed by atoms with van der Waals surface area (Å²) in [5, 5.41) is 0.281. The van der Waals surface area contributed by atoms with E-state index < -0.39 is 10.7 Å². The molecule has 2 heterocycles. The first kappa shape index (κ1) is 15.6. The third-order valence-corrected chi connectivity index (χ3v) is 4.08. The fraction of sp³-hybridized carbons (Fsp3) is 0.0667. The zero-order valence-corrected chi connectivity index (χ0v) is 13.3. The van der Waals surface area contributed by atoms with Crippen molar-refractivity contribution < 1.29 is 12.8 Å². The topological polar surface area (TPSA) is 64.8 Å². The van der Waals surface area contributed by atoms with E-state index >= 15 is 0 Å². The second kappa shape index (κ2) is 6.47. The van der Waals surface area contributed by atoms with Gasteiger partial charge in [0, 0.05) is 5.56 Å². The molecule has 3 rings (SSSR count). The van der Waals surface area contributed by atoms with Gasteiger partial charge in [-0.05, 0) is 36.4 Å². The molecule has 0 saturated heterocycles. The number of rotatable bonds is 4. The summed E-state index contributed by atoms with van der Waals surface area (Å²) >= 11 is 6.14. The summed E-state index contributed by atoms with van der Waals surface area (Å²) < 4.78 is 36.3. The summed E-state index contributed by atoms with van der Waals surface area (Å²) in [6.45, 7) is 0. The highest BCUT2D eigenvalue weighted by atomic mass is 35.5. The van der Waals surface area contributed by atoms with Crippen LogP contribution in [0.1, 0.15) is 5.69 Å². The molecule has 0 saturated carbocycles. The van der Waals surface area contributed by atoms with Crippen LogP contribution in [-0.2, 0) is 16.5 Å². The van der Waals surface area contributed by atoms with Gasteiger partial charge >= 0.3 is 0 Å². The van der Waals surface area contributed by atoms with Gasteiger partial charge in [0.15, 0.2) is 5.15 Å². The number of aromatic nitrogens is 3. The molecule has 8 heteroatoms. The number of benzene rings is 1. The average molecular weight is 352 g/mol. The van der Waals surface area contributed by atoms with E-state index in [2.05, 4.69) is 9.97 Å². The van der Waals surface area contributed by atoms with Crippen LogP contribution in [0, 0.1) is 5.82 Å². The normalized spacial score (nSPS) is 11.1. The summed E-state index contributed by atoms with van der Waals surface area (Å²) in [6.07, 6.45) is 3.07. The summed E-state index contributed by atoms with van der Waals surface area (Å²) in [4.78, 5) is 8.19. The standard InChI is InChI=1S/C15H11ClFN3O2S/c16-15-14(10-1-3-11(17)4-2-10)20(9-19-15)13-6-5-12(18-7-13)8-23(21)22/h1-7,9,23H,8H2. The zero-order chi connectivity index (χ0) is 16.4. The lowest BCUT2D eigenvalue weighted by molar-refractivity contribution is 0.613. The van der Waals surface area contributed by atoms with Gasteiger partial charge < -0.3 is 0 Å². The van der Waals surface area contributed by atoms with E-state index in [0.717, 1.165) is 0 Å². The van der Waals surface area contributed by atoms with Crippen LogP contribution in [0.4, 0.5) is 4.39 Å². The summed E-state index contributed by atoms with van der Waals surface area (Å²) in [5.74, 6) is -0.445. The SMILES string of the molecule is O=[SH](=O)Cc1ccc(-n2cnc(Cl)c2-c2ccc(F)cc2)cn1. The second-order valence-electron chi connectivity index (χ2n) is 4.76. The number of pyridine rings is 1. The van der Waals surface area contributed by atoms with Crippen molar-refractivity contribution in [3.63, 3.8) is 0 Å². The highest BCUT2D eigenvalue weighted by Crippen LogP contribution is 2.29. The lowest BCUT2D eigenvalue weighted by atomic mass is 10.1. The smallest absolute Gasteiger partial charge is 0.155 e. The first-order chi connectivity index (χ1) is 11.0. The monoisotopic (exact) mass is 351 g/mol. The Bertz CT molecular complexity index is 897. The predicted molar refractivity (Wildman–Crippen MR) is 85.8 cm³/mol. The van der Waals surface area contributed by atoms with Crippen molar-refractivity contribution in [2.75, 3.05) is 0 Å². The van der Waals surface area contributed by atoms with Gasteiger partial charge in [-0.25, -0.2) is 17.8 Å². The van der Waals surface area contributed by atoms with E-state index in [0.29, 0.717) is 22.6 Å². The molecule has 5 nitrogen and oxygen atoms in total. The quantitative estimate of drug-likeness (QED) is 0.734. The van der Waals surface area contributed by atoms with Crippen molar-refractivity contribution in [2.45, 2.75) is 5.75 Å². The van der Waals surface area contributed by atoms with Crippen molar-refractivity contribution in [3.05, 3.63) is 65.6 Å². The van der Waals surface area contributed by atoms with Gasteiger partial charge in [0.1, 0.15) is 22.8 Å².